The Labute approximate surface area is 92.6 Å². The van der Waals surface area contributed by atoms with Crippen molar-refractivity contribution in [1.29, 1.82) is 0 Å². The van der Waals surface area contributed by atoms with Gasteiger partial charge in [-0.3, -0.25) is 4.98 Å². The third-order valence-corrected chi connectivity index (χ3v) is 2.99. The number of pyridine rings is 1. The quantitative estimate of drug-likeness (QED) is 0.755. The SMILES string of the molecule is CCC(CCl)Cc1ccc(Br)cn1. The van der Waals surface area contributed by atoms with E-state index in [1.165, 1.54) is 0 Å². The highest BCUT2D eigenvalue weighted by Crippen LogP contribution is 2.14. The molecule has 0 saturated heterocycles. The summed E-state index contributed by atoms with van der Waals surface area (Å²) in [7, 11) is 0. The van der Waals surface area contributed by atoms with E-state index in [4.69, 9.17) is 11.6 Å². The molecule has 0 saturated carbocycles. The number of hydrogen-bond acceptors (Lipinski definition) is 1. The van der Waals surface area contributed by atoms with Gasteiger partial charge in [-0.1, -0.05) is 13.3 Å². The van der Waals surface area contributed by atoms with E-state index >= 15 is 0 Å². The molecule has 0 aliphatic carbocycles. The first-order valence-electron chi connectivity index (χ1n) is 4.42. The standard InChI is InChI=1S/C10H13BrClN/c1-2-8(6-12)5-10-4-3-9(11)7-13-10/h3-4,7-8H,2,5-6H2,1H3. The summed E-state index contributed by atoms with van der Waals surface area (Å²) in [5.74, 6) is 1.27. The molecule has 0 fully saturated rings. The molecule has 0 aliphatic rings. The van der Waals surface area contributed by atoms with Gasteiger partial charge < -0.3 is 0 Å². The van der Waals surface area contributed by atoms with Crippen LogP contribution in [0.3, 0.4) is 0 Å². The fraction of sp³-hybridized carbons (Fsp3) is 0.500. The predicted octanol–water partition coefficient (Wildman–Crippen LogP) is 3.65. The predicted molar refractivity (Wildman–Crippen MR) is 60.1 cm³/mol. The fourth-order valence-electron chi connectivity index (χ4n) is 1.13. The third kappa shape index (κ3) is 3.65. The summed E-state index contributed by atoms with van der Waals surface area (Å²) < 4.78 is 1.02. The molecule has 0 aromatic carbocycles. The van der Waals surface area contributed by atoms with Crippen LogP contribution < -0.4 is 0 Å². The average Bonchev–Trinajstić information content (AvgIpc) is 2.17. The second kappa shape index (κ2) is 5.61. The van der Waals surface area contributed by atoms with Crippen LogP contribution in [0.15, 0.2) is 22.8 Å². The Morgan fingerprint density at radius 2 is 2.31 bits per heavy atom. The first kappa shape index (κ1) is 11.0. The van der Waals surface area contributed by atoms with Crippen LogP contribution in [0.5, 0.6) is 0 Å². The van der Waals surface area contributed by atoms with Crippen LogP contribution in [0.25, 0.3) is 0 Å². The minimum absolute atomic E-state index is 0.551. The lowest BCUT2D eigenvalue weighted by atomic mass is 10.0. The Kier molecular flexibility index (Phi) is 4.74. The van der Waals surface area contributed by atoms with E-state index in [2.05, 4.69) is 27.8 Å². The van der Waals surface area contributed by atoms with Gasteiger partial charge in [0.15, 0.2) is 0 Å². The topological polar surface area (TPSA) is 12.9 Å². The van der Waals surface area contributed by atoms with Crippen LogP contribution in [0, 0.1) is 5.92 Å². The normalized spacial score (nSPS) is 12.8. The maximum Gasteiger partial charge on any atom is 0.0413 e. The molecule has 1 unspecified atom stereocenters. The van der Waals surface area contributed by atoms with Gasteiger partial charge in [-0.15, -0.1) is 11.6 Å². The molecule has 3 heteroatoms. The summed E-state index contributed by atoms with van der Waals surface area (Å²) in [6.07, 6.45) is 3.92. The fourth-order valence-corrected chi connectivity index (χ4v) is 1.69. The molecule has 0 bridgehead atoms. The van der Waals surface area contributed by atoms with E-state index in [1.807, 2.05) is 18.3 Å². The number of halogens is 2. The van der Waals surface area contributed by atoms with Crippen LogP contribution >= 0.6 is 27.5 Å². The molecule has 0 N–H and O–H groups in total. The van der Waals surface area contributed by atoms with Gasteiger partial charge in [-0.25, -0.2) is 0 Å². The molecule has 1 heterocycles. The molecule has 1 aromatic rings. The van der Waals surface area contributed by atoms with Crippen LogP contribution in [-0.2, 0) is 6.42 Å². The van der Waals surface area contributed by atoms with Crippen molar-refractivity contribution in [2.45, 2.75) is 19.8 Å². The molecule has 1 aromatic heterocycles. The van der Waals surface area contributed by atoms with E-state index < -0.39 is 0 Å². The molecular weight excluding hydrogens is 249 g/mol. The summed E-state index contributed by atoms with van der Waals surface area (Å²) in [6, 6.07) is 4.06. The van der Waals surface area contributed by atoms with Crippen molar-refractivity contribution in [1.82, 2.24) is 4.98 Å². The van der Waals surface area contributed by atoms with Gasteiger partial charge >= 0.3 is 0 Å². The van der Waals surface area contributed by atoms with Gasteiger partial charge in [-0.05, 0) is 40.4 Å². The lowest BCUT2D eigenvalue weighted by Gasteiger charge is -2.09. The van der Waals surface area contributed by atoms with Crippen molar-refractivity contribution in [3.63, 3.8) is 0 Å². The van der Waals surface area contributed by atoms with Crippen LogP contribution in [0.4, 0.5) is 0 Å². The molecule has 0 spiro atoms. The first-order chi connectivity index (χ1) is 6.26. The van der Waals surface area contributed by atoms with Crippen LogP contribution in [0.2, 0.25) is 0 Å². The Morgan fingerprint density at radius 3 is 2.77 bits per heavy atom. The second-order valence-corrected chi connectivity index (χ2v) is 4.32. The lowest BCUT2D eigenvalue weighted by molar-refractivity contribution is 0.559. The summed E-state index contributed by atoms with van der Waals surface area (Å²) >= 11 is 9.17. The maximum atomic E-state index is 5.81. The van der Waals surface area contributed by atoms with Crippen molar-refractivity contribution in [2.75, 3.05) is 5.88 Å². The zero-order valence-corrected chi connectivity index (χ0v) is 9.98. The van der Waals surface area contributed by atoms with Crippen molar-refractivity contribution < 1.29 is 0 Å². The highest BCUT2D eigenvalue weighted by molar-refractivity contribution is 9.10. The summed E-state index contributed by atoms with van der Waals surface area (Å²) in [4.78, 5) is 4.31. The lowest BCUT2D eigenvalue weighted by Crippen LogP contribution is -2.05. The zero-order valence-electron chi connectivity index (χ0n) is 7.63. The van der Waals surface area contributed by atoms with Gasteiger partial charge in [0, 0.05) is 22.2 Å². The van der Waals surface area contributed by atoms with E-state index in [1.54, 1.807) is 0 Å². The molecule has 1 atom stereocenters. The van der Waals surface area contributed by atoms with Crippen molar-refractivity contribution >= 4 is 27.5 Å². The molecule has 1 rings (SSSR count). The van der Waals surface area contributed by atoms with Gasteiger partial charge in [0.1, 0.15) is 0 Å². The molecule has 0 aliphatic heterocycles. The summed E-state index contributed by atoms with van der Waals surface area (Å²) in [5.41, 5.74) is 1.12. The van der Waals surface area contributed by atoms with Crippen LogP contribution in [-0.4, -0.2) is 10.9 Å². The largest absolute Gasteiger partial charge is 0.260 e. The second-order valence-electron chi connectivity index (χ2n) is 3.10. The van der Waals surface area contributed by atoms with Gasteiger partial charge in [0.25, 0.3) is 0 Å². The minimum Gasteiger partial charge on any atom is -0.260 e. The molecule has 0 amide bonds. The number of rotatable bonds is 4. The molecule has 72 valence electrons. The highest BCUT2D eigenvalue weighted by Gasteiger charge is 2.06. The van der Waals surface area contributed by atoms with Crippen molar-refractivity contribution in [3.8, 4) is 0 Å². The van der Waals surface area contributed by atoms with Gasteiger partial charge in [0.2, 0.25) is 0 Å². The van der Waals surface area contributed by atoms with E-state index in [9.17, 15) is 0 Å². The first-order valence-corrected chi connectivity index (χ1v) is 5.75. The minimum atomic E-state index is 0.551. The maximum absolute atomic E-state index is 5.81. The summed E-state index contributed by atoms with van der Waals surface area (Å²) in [6.45, 7) is 2.16. The highest BCUT2D eigenvalue weighted by atomic mass is 79.9. The smallest absolute Gasteiger partial charge is 0.0413 e. The molecule has 0 radical (unpaired) electrons. The van der Waals surface area contributed by atoms with Crippen LogP contribution in [0.1, 0.15) is 19.0 Å². The number of hydrogen-bond donors (Lipinski definition) is 0. The van der Waals surface area contributed by atoms with Gasteiger partial charge in [-0.2, -0.15) is 0 Å². The van der Waals surface area contributed by atoms with Gasteiger partial charge in [0.05, 0.1) is 0 Å². The van der Waals surface area contributed by atoms with Crippen molar-refractivity contribution in [2.24, 2.45) is 5.92 Å². The van der Waals surface area contributed by atoms with Crippen molar-refractivity contribution in [3.05, 3.63) is 28.5 Å². The number of alkyl halides is 1. The molecular formula is C10H13BrClN. The molecule has 1 nitrogen and oxygen atoms in total. The van der Waals surface area contributed by atoms with E-state index in [-0.39, 0.29) is 0 Å². The average molecular weight is 263 g/mol. The Balaban J connectivity index is 2.58. The Morgan fingerprint density at radius 1 is 1.54 bits per heavy atom. The molecule has 13 heavy (non-hydrogen) atoms. The van der Waals surface area contributed by atoms with E-state index in [0.29, 0.717) is 11.8 Å². The zero-order chi connectivity index (χ0) is 9.68. The number of aromatic nitrogens is 1. The Hall–Kier alpha value is -0.0800. The monoisotopic (exact) mass is 261 g/mol. The third-order valence-electron chi connectivity index (χ3n) is 2.08. The Bertz CT molecular complexity index is 244. The number of nitrogens with zero attached hydrogens (tertiary/aromatic N) is 1. The summed E-state index contributed by atoms with van der Waals surface area (Å²) in [5, 5.41) is 0. The van der Waals surface area contributed by atoms with E-state index in [0.717, 1.165) is 23.0 Å².